The second-order valence-electron chi connectivity index (χ2n) is 5.26. The van der Waals surface area contributed by atoms with Crippen LogP contribution < -0.4 is 5.32 Å². The van der Waals surface area contributed by atoms with E-state index in [1.54, 1.807) is 0 Å². The summed E-state index contributed by atoms with van der Waals surface area (Å²) in [6, 6.07) is 14.5. The van der Waals surface area contributed by atoms with Crippen molar-refractivity contribution in [2.24, 2.45) is 0 Å². The van der Waals surface area contributed by atoms with Crippen molar-refractivity contribution in [2.75, 3.05) is 5.32 Å². The summed E-state index contributed by atoms with van der Waals surface area (Å²) in [5.74, 6) is 0.820. The van der Waals surface area contributed by atoms with E-state index in [4.69, 9.17) is 0 Å². The molecule has 3 rings (SSSR count). The summed E-state index contributed by atoms with van der Waals surface area (Å²) in [5, 5.41) is 10.4. The number of hydrogen-bond acceptors (Lipinski definition) is 3. The fourth-order valence-electron chi connectivity index (χ4n) is 2.31. The van der Waals surface area contributed by atoms with Crippen molar-refractivity contribution in [3.63, 3.8) is 0 Å². The predicted octanol–water partition coefficient (Wildman–Crippen LogP) is 3.76. The first-order valence-corrected chi connectivity index (χ1v) is 6.98. The van der Waals surface area contributed by atoms with Gasteiger partial charge in [-0.2, -0.15) is 5.10 Å². The minimum Gasteiger partial charge on any atom is -0.339 e. The molecular weight excluding hydrogens is 260 g/mol. The van der Waals surface area contributed by atoms with Crippen LogP contribution in [0, 0.1) is 13.8 Å². The van der Waals surface area contributed by atoms with Crippen molar-refractivity contribution in [2.45, 2.75) is 20.3 Å². The van der Waals surface area contributed by atoms with Crippen molar-refractivity contribution < 1.29 is 0 Å². The summed E-state index contributed by atoms with van der Waals surface area (Å²) in [4.78, 5) is 4.44. The smallest absolute Gasteiger partial charge is 0.152 e. The minimum atomic E-state index is 0.820. The molecule has 0 aliphatic rings. The molecule has 1 aromatic carbocycles. The second-order valence-corrected chi connectivity index (χ2v) is 5.26. The Hall–Kier alpha value is -2.62. The number of nitrogens with zero attached hydrogens (tertiary/aromatic N) is 2. The molecule has 21 heavy (non-hydrogen) atoms. The van der Waals surface area contributed by atoms with Gasteiger partial charge in [0.05, 0.1) is 0 Å². The van der Waals surface area contributed by atoms with Gasteiger partial charge in [-0.15, -0.1) is 0 Å². The number of H-pyrrole nitrogens is 1. The van der Waals surface area contributed by atoms with Crippen LogP contribution in [0.3, 0.4) is 0 Å². The van der Waals surface area contributed by atoms with E-state index in [0.29, 0.717) is 0 Å². The third-order valence-electron chi connectivity index (χ3n) is 3.26. The summed E-state index contributed by atoms with van der Waals surface area (Å²) < 4.78 is 0. The molecule has 2 N–H and O–H groups in total. The number of pyridine rings is 1. The first kappa shape index (κ1) is 13.4. The Morgan fingerprint density at radius 3 is 2.76 bits per heavy atom. The van der Waals surface area contributed by atoms with Crippen LogP contribution in [0.15, 0.2) is 48.7 Å². The summed E-state index contributed by atoms with van der Waals surface area (Å²) in [5.41, 5.74) is 5.62. The quantitative estimate of drug-likeness (QED) is 0.764. The van der Waals surface area contributed by atoms with E-state index >= 15 is 0 Å². The Morgan fingerprint density at radius 1 is 1.10 bits per heavy atom. The van der Waals surface area contributed by atoms with E-state index in [9.17, 15) is 0 Å². The van der Waals surface area contributed by atoms with Crippen LogP contribution in [0.2, 0.25) is 0 Å². The highest BCUT2D eigenvalue weighted by Crippen LogP contribution is 2.17. The summed E-state index contributed by atoms with van der Waals surface area (Å²) in [6.07, 6.45) is 2.66. The maximum atomic E-state index is 4.44. The SMILES string of the molecule is Cc1cccc(Cc2cc(Nc3cc(C)[nH]n3)ccn2)c1. The van der Waals surface area contributed by atoms with E-state index in [0.717, 1.165) is 29.3 Å². The Kier molecular flexibility index (Phi) is 3.69. The van der Waals surface area contributed by atoms with E-state index < -0.39 is 0 Å². The van der Waals surface area contributed by atoms with Gasteiger partial charge in [0, 0.05) is 35.8 Å². The highest BCUT2D eigenvalue weighted by atomic mass is 15.2. The largest absolute Gasteiger partial charge is 0.339 e. The van der Waals surface area contributed by atoms with Crippen molar-refractivity contribution in [3.05, 3.63) is 71.2 Å². The normalized spacial score (nSPS) is 10.6. The summed E-state index contributed by atoms with van der Waals surface area (Å²) in [6.45, 7) is 4.09. The second kappa shape index (κ2) is 5.79. The minimum absolute atomic E-state index is 0.820. The average molecular weight is 278 g/mol. The van der Waals surface area contributed by atoms with E-state index in [-0.39, 0.29) is 0 Å². The van der Waals surface area contributed by atoms with Gasteiger partial charge in [0.25, 0.3) is 0 Å². The predicted molar refractivity (Wildman–Crippen MR) is 84.8 cm³/mol. The van der Waals surface area contributed by atoms with Crippen molar-refractivity contribution in [1.29, 1.82) is 0 Å². The lowest BCUT2D eigenvalue weighted by molar-refractivity contribution is 1.05. The van der Waals surface area contributed by atoms with Crippen LogP contribution in [-0.4, -0.2) is 15.2 Å². The molecule has 0 fully saturated rings. The molecule has 0 aliphatic carbocycles. The van der Waals surface area contributed by atoms with Crippen LogP contribution in [0.25, 0.3) is 0 Å². The standard InChI is InChI=1S/C17H18N4/c1-12-4-3-5-14(8-12)10-16-11-15(6-7-18-16)19-17-9-13(2)20-21-17/h3-9,11H,10H2,1-2H3,(H2,18,19,20,21). The zero-order chi connectivity index (χ0) is 14.7. The van der Waals surface area contributed by atoms with Gasteiger partial charge in [0.2, 0.25) is 0 Å². The third-order valence-corrected chi connectivity index (χ3v) is 3.26. The first-order valence-electron chi connectivity index (χ1n) is 6.98. The molecule has 0 saturated carbocycles. The number of anilines is 2. The number of aromatic nitrogens is 3. The van der Waals surface area contributed by atoms with Crippen LogP contribution >= 0.6 is 0 Å². The van der Waals surface area contributed by atoms with Gasteiger partial charge < -0.3 is 5.32 Å². The average Bonchev–Trinajstić information content (AvgIpc) is 2.84. The van der Waals surface area contributed by atoms with Gasteiger partial charge >= 0.3 is 0 Å². The topological polar surface area (TPSA) is 53.6 Å². The number of hydrogen-bond donors (Lipinski definition) is 2. The Bertz CT molecular complexity index is 746. The number of aromatic amines is 1. The van der Waals surface area contributed by atoms with Crippen LogP contribution in [0.5, 0.6) is 0 Å². The number of benzene rings is 1. The van der Waals surface area contributed by atoms with Crippen molar-refractivity contribution >= 4 is 11.5 Å². The fourth-order valence-corrected chi connectivity index (χ4v) is 2.31. The molecule has 4 nitrogen and oxygen atoms in total. The molecule has 0 saturated heterocycles. The van der Waals surface area contributed by atoms with Gasteiger partial charge in [0.15, 0.2) is 5.82 Å². The monoisotopic (exact) mass is 278 g/mol. The maximum Gasteiger partial charge on any atom is 0.152 e. The van der Waals surface area contributed by atoms with Crippen molar-refractivity contribution in [1.82, 2.24) is 15.2 Å². The molecule has 0 unspecified atom stereocenters. The first-order chi connectivity index (χ1) is 10.2. The number of nitrogens with one attached hydrogen (secondary N) is 2. The molecule has 0 amide bonds. The lowest BCUT2D eigenvalue weighted by Crippen LogP contribution is -1.96. The Balaban J connectivity index is 1.76. The van der Waals surface area contributed by atoms with E-state index in [2.05, 4.69) is 57.8 Å². The molecule has 0 bridgehead atoms. The van der Waals surface area contributed by atoms with E-state index in [1.165, 1.54) is 11.1 Å². The molecule has 2 aromatic heterocycles. The molecular formula is C17H18N4. The number of aryl methyl sites for hydroxylation is 2. The summed E-state index contributed by atoms with van der Waals surface area (Å²) in [7, 11) is 0. The molecule has 0 spiro atoms. The lowest BCUT2D eigenvalue weighted by atomic mass is 10.1. The van der Waals surface area contributed by atoms with Gasteiger partial charge in [-0.1, -0.05) is 29.8 Å². The zero-order valence-electron chi connectivity index (χ0n) is 12.2. The number of rotatable bonds is 4. The Labute approximate surface area is 124 Å². The Morgan fingerprint density at radius 2 is 2.00 bits per heavy atom. The van der Waals surface area contributed by atoms with Crippen LogP contribution in [-0.2, 0) is 6.42 Å². The van der Waals surface area contributed by atoms with Gasteiger partial charge in [-0.3, -0.25) is 10.1 Å². The molecule has 106 valence electrons. The summed E-state index contributed by atoms with van der Waals surface area (Å²) >= 11 is 0. The highest BCUT2D eigenvalue weighted by molar-refractivity contribution is 5.56. The molecule has 4 heteroatoms. The highest BCUT2D eigenvalue weighted by Gasteiger charge is 2.02. The molecule has 0 atom stereocenters. The maximum absolute atomic E-state index is 4.44. The molecule has 2 heterocycles. The van der Waals surface area contributed by atoms with Gasteiger partial charge in [-0.05, 0) is 31.5 Å². The fraction of sp³-hybridized carbons (Fsp3) is 0.176. The van der Waals surface area contributed by atoms with E-state index in [1.807, 2.05) is 25.3 Å². The van der Waals surface area contributed by atoms with Crippen LogP contribution in [0.4, 0.5) is 11.5 Å². The zero-order valence-corrected chi connectivity index (χ0v) is 12.2. The van der Waals surface area contributed by atoms with Gasteiger partial charge in [-0.25, -0.2) is 0 Å². The third kappa shape index (κ3) is 3.48. The van der Waals surface area contributed by atoms with Crippen molar-refractivity contribution in [3.8, 4) is 0 Å². The molecule has 0 radical (unpaired) electrons. The van der Waals surface area contributed by atoms with Crippen LogP contribution in [0.1, 0.15) is 22.5 Å². The van der Waals surface area contributed by atoms with Gasteiger partial charge in [0.1, 0.15) is 0 Å². The lowest BCUT2D eigenvalue weighted by Gasteiger charge is -2.06. The molecule has 0 aliphatic heterocycles. The molecule has 3 aromatic rings.